The standard InChI is InChI=1S/C13H20N2O3/c1-9-3-2-5-13(7-9)11(16)15(12(17)14-13)10-4-6-18-8-10/h9-10H,2-8H2,1H3,(H,14,17). The Morgan fingerprint density at radius 3 is 2.89 bits per heavy atom. The summed E-state index contributed by atoms with van der Waals surface area (Å²) in [5, 5.41) is 2.96. The van der Waals surface area contributed by atoms with E-state index in [9.17, 15) is 9.59 Å². The second-order valence-electron chi connectivity index (χ2n) is 5.91. The fraction of sp³-hybridized carbons (Fsp3) is 0.846. The summed E-state index contributed by atoms with van der Waals surface area (Å²) in [6.45, 7) is 3.29. The fourth-order valence-corrected chi connectivity index (χ4v) is 3.56. The van der Waals surface area contributed by atoms with Gasteiger partial charge < -0.3 is 10.1 Å². The molecule has 3 unspecified atom stereocenters. The van der Waals surface area contributed by atoms with Crippen molar-refractivity contribution in [2.24, 2.45) is 5.92 Å². The van der Waals surface area contributed by atoms with Crippen LogP contribution in [0.1, 0.15) is 39.0 Å². The Morgan fingerprint density at radius 2 is 2.22 bits per heavy atom. The average Bonchev–Trinajstić information content (AvgIpc) is 2.88. The van der Waals surface area contributed by atoms with Gasteiger partial charge in [0.2, 0.25) is 0 Å². The molecule has 2 saturated heterocycles. The molecule has 0 aromatic carbocycles. The average molecular weight is 252 g/mol. The number of carbonyl (C=O) groups excluding carboxylic acids is 2. The highest BCUT2D eigenvalue weighted by Gasteiger charge is 2.54. The van der Waals surface area contributed by atoms with Crippen LogP contribution >= 0.6 is 0 Å². The van der Waals surface area contributed by atoms with Gasteiger partial charge in [-0.05, 0) is 25.2 Å². The number of nitrogens with one attached hydrogen (secondary N) is 1. The fourth-order valence-electron chi connectivity index (χ4n) is 3.56. The monoisotopic (exact) mass is 252 g/mol. The van der Waals surface area contributed by atoms with E-state index >= 15 is 0 Å². The lowest BCUT2D eigenvalue weighted by Crippen LogP contribution is -2.50. The van der Waals surface area contributed by atoms with Gasteiger partial charge in [-0.3, -0.25) is 9.69 Å². The Bertz CT molecular complexity index is 378. The van der Waals surface area contributed by atoms with E-state index in [2.05, 4.69) is 12.2 Å². The molecule has 1 saturated carbocycles. The minimum Gasteiger partial charge on any atom is -0.379 e. The Morgan fingerprint density at radius 1 is 1.39 bits per heavy atom. The molecule has 1 N–H and O–H groups in total. The summed E-state index contributed by atoms with van der Waals surface area (Å²) in [6.07, 6.45) is 4.50. The first-order valence-electron chi connectivity index (χ1n) is 6.86. The number of amides is 3. The van der Waals surface area contributed by atoms with E-state index in [1.807, 2.05) is 0 Å². The van der Waals surface area contributed by atoms with Crippen molar-refractivity contribution >= 4 is 11.9 Å². The number of nitrogens with zero attached hydrogens (tertiary/aromatic N) is 1. The maximum atomic E-state index is 12.6. The summed E-state index contributed by atoms with van der Waals surface area (Å²) >= 11 is 0. The number of carbonyl (C=O) groups is 2. The van der Waals surface area contributed by atoms with Crippen molar-refractivity contribution in [3.8, 4) is 0 Å². The van der Waals surface area contributed by atoms with Gasteiger partial charge in [-0.15, -0.1) is 0 Å². The van der Waals surface area contributed by atoms with E-state index in [0.29, 0.717) is 19.1 Å². The highest BCUT2D eigenvalue weighted by atomic mass is 16.5. The van der Waals surface area contributed by atoms with E-state index in [1.165, 1.54) is 4.90 Å². The van der Waals surface area contributed by atoms with Crippen LogP contribution < -0.4 is 5.32 Å². The number of hydrogen-bond donors (Lipinski definition) is 1. The first kappa shape index (κ1) is 12.0. The van der Waals surface area contributed by atoms with Crippen LogP contribution in [0, 0.1) is 5.92 Å². The SMILES string of the molecule is CC1CCCC2(C1)NC(=O)N(C1CCOC1)C2=O. The normalized spacial score (nSPS) is 40.6. The Kier molecular flexibility index (Phi) is 2.81. The van der Waals surface area contributed by atoms with Gasteiger partial charge >= 0.3 is 6.03 Å². The lowest BCUT2D eigenvalue weighted by atomic mass is 9.76. The third-order valence-electron chi connectivity index (χ3n) is 4.46. The van der Waals surface area contributed by atoms with E-state index in [4.69, 9.17) is 4.74 Å². The van der Waals surface area contributed by atoms with Crippen LogP contribution in [0.5, 0.6) is 0 Å². The van der Waals surface area contributed by atoms with Gasteiger partial charge in [-0.2, -0.15) is 0 Å². The first-order chi connectivity index (χ1) is 8.62. The molecule has 3 rings (SSSR count). The van der Waals surface area contributed by atoms with Gasteiger partial charge in [0.25, 0.3) is 5.91 Å². The molecule has 0 aromatic rings. The molecule has 3 aliphatic rings. The molecule has 0 aromatic heterocycles. The van der Waals surface area contributed by atoms with Gasteiger partial charge in [-0.25, -0.2) is 4.79 Å². The van der Waals surface area contributed by atoms with E-state index in [1.54, 1.807) is 0 Å². The van der Waals surface area contributed by atoms with Crippen molar-refractivity contribution in [2.75, 3.05) is 13.2 Å². The second-order valence-corrected chi connectivity index (χ2v) is 5.91. The molecule has 0 radical (unpaired) electrons. The van der Waals surface area contributed by atoms with Gasteiger partial charge in [0.15, 0.2) is 0 Å². The number of imide groups is 1. The van der Waals surface area contributed by atoms with Crippen LogP contribution in [-0.4, -0.2) is 41.6 Å². The molecular weight excluding hydrogens is 232 g/mol. The van der Waals surface area contributed by atoms with Crippen LogP contribution in [-0.2, 0) is 9.53 Å². The van der Waals surface area contributed by atoms with Crippen molar-refractivity contribution in [1.29, 1.82) is 0 Å². The van der Waals surface area contributed by atoms with E-state index in [0.717, 1.165) is 32.1 Å². The van der Waals surface area contributed by atoms with Crippen molar-refractivity contribution in [3.63, 3.8) is 0 Å². The van der Waals surface area contributed by atoms with Crippen molar-refractivity contribution in [1.82, 2.24) is 10.2 Å². The Labute approximate surface area is 107 Å². The molecule has 5 heteroatoms. The summed E-state index contributed by atoms with van der Waals surface area (Å²) in [5.74, 6) is 0.484. The largest absolute Gasteiger partial charge is 0.379 e. The maximum absolute atomic E-state index is 12.6. The lowest BCUT2D eigenvalue weighted by Gasteiger charge is -2.34. The van der Waals surface area contributed by atoms with Crippen LogP contribution in [0.2, 0.25) is 0 Å². The molecule has 1 aliphatic carbocycles. The Hall–Kier alpha value is -1.10. The minimum atomic E-state index is -0.614. The molecule has 1 spiro atoms. The van der Waals surface area contributed by atoms with Crippen molar-refractivity contribution in [2.45, 2.75) is 50.6 Å². The lowest BCUT2D eigenvalue weighted by molar-refractivity contribution is -0.134. The molecule has 2 aliphatic heterocycles. The maximum Gasteiger partial charge on any atom is 0.325 e. The van der Waals surface area contributed by atoms with Gasteiger partial charge in [0.1, 0.15) is 5.54 Å². The van der Waals surface area contributed by atoms with Crippen LogP contribution in [0.25, 0.3) is 0 Å². The molecule has 3 amide bonds. The highest BCUT2D eigenvalue weighted by molar-refractivity contribution is 6.07. The highest BCUT2D eigenvalue weighted by Crippen LogP contribution is 2.37. The van der Waals surface area contributed by atoms with Crippen LogP contribution in [0.4, 0.5) is 4.79 Å². The van der Waals surface area contributed by atoms with Crippen LogP contribution in [0.15, 0.2) is 0 Å². The van der Waals surface area contributed by atoms with E-state index < -0.39 is 5.54 Å². The molecule has 18 heavy (non-hydrogen) atoms. The third-order valence-corrected chi connectivity index (χ3v) is 4.46. The van der Waals surface area contributed by atoms with Gasteiger partial charge in [-0.1, -0.05) is 19.8 Å². The second kappa shape index (κ2) is 4.23. The summed E-state index contributed by atoms with van der Waals surface area (Å²) in [5.41, 5.74) is -0.614. The predicted octanol–water partition coefficient (Wildman–Crippen LogP) is 1.28. The Balaban J connectivity index is 1.83. The smallest absolute Gasteiger partial charge is 0.325 e. The molecule has 3 fully saturated rings. The minimum absolute atomic E-state index is 0.0189. The summed E-state index contributed by atoms with van der Waals surface area (Å²) in [6, 6.07) is -0.279. The number of urea groups is 1. The van der Waals surface area contributed by atoms with E-state index in [-0.39, 0.29) is 18.0 Å². The summed E-state index contributed by atoms with van der Waals surface area (Å²) < 4.78 is 5.29. The topological polar surface area (TPSA) is 58.6 Å². The zero-order chi connectivity index (χ0) is 12.8. The number of ether oxygens (including phenoxy) is 1. The zero-order valence-electron chi connectivity index (χ0n) is 10.8. The number of rotatable bonds is 1. The van der Waals surface area contributed by atoms with Crippen molar-refractivity contribution in [3.05, 3.63) is 0 Å². The van der Waals surface area contributed by atoms with Gasteiger partial charge in [0, 0.05) is 6.61 Å². The van der Waals surface area contributed by atoms with Crippen LogP contribution in [0.3, 0.4) is 0 Å². The molecular formula is C13H20N2O3. The molecule has 3 atom stereocenters. The number of hydrogen-bond acceptors (Lipinski definition) is 3. The third kappa shape index (κ3) is 1.72. The molecule has 5 nitrogen and oxygen atoms in total. The quantitative estimate of drug-likeness (QED) is 0.715. The predicted molar refractivity (Wildman–Crippen MR) is 65.0 cm³/mol. The zero-order valence-corrected chi connectivity index (χ0v) is 10.8. The van der Waals surface area contributed by atoms with Crippen molar-refractivity contribution < 1.29 is 14.3 Å². The summed E-state index contributed by atoms with van der Waals surface area (Å²) in [7, 11) is 0. The van der Waals surface area contributed by atoms with Gasteiger partial charge in [0.05, 0.1) is 12.6 Å². The molecule has 0 bridgehead atoms. The first-order valence-corrected chi connectivity index (χ1v) is 6.86. The summed E-state index contributed by atoms with van der Waals surface area (Å²) in [4.78, 5) is 26.1. The molecule has 2 heterocycles. The molecule has 100 valence electrons.